The minimum absolute atomic E-state index is 1.72. The summed E-state index contributed by atoms with van der Waals surface area (Å²) in [6.45, 7) is 0. The Morgan fingerprint density at radius 3 is 1.50 bits per heavy atom. The Bertz CT molecular complexity index is 167. The largest absolute Gasteiger partial charge is 0.439 e. The topological polar surface area (TPSA) is 26.3 Å². The summed E-state index contributed by atoms with van der Waals surface area (Å²) in [6.07, 6.45) is 0. The lowest BCUT2D eigenvalue weighted by molar-refractivity contribution is 0.177. The summed E-state index contributed by atoms with van der Waals surface area (Å²) in [4.78, 5) is 9.24. The summed E-state index contributed by atoms with van der Waals surface area (Å²) in [7, 11) is -10.1. The summed E-state index contributed by atoms with van der Waals surface area (Å²) in [5.74, 6) is 0. The van der Waals surface area contributed by atoms with E-state index in [1.54, 1.807) is 4.18 Å². The van der Waals surface area contributed by atoms with Gasteiger partial charge in [-0.1, -0.05) is 19.4 Å². The molecule has 0 unspecified atom stereocenters. The number of halogens is 6. The van der Waals surface area contributed by atoms with E-state index >= 15 is 0 Å². The quantitative estimate of drug-likeness (QED) is 0.484. The first-order valence-corrected chi connectivity index (χ1v) is 3.79. The minimum Gasteiger partial charge on any atom is -0.303 e. The van der Waals surface area contributed by atoms with Crippen molar-refractivity contribution in [1.29, 1.82) is 0 Å². The second kappa shape index (κ2) is 1.50. The molecule has 0 aromatic rings. The van der Waals surface area contributed by atoms with Gasteiger partial charge in [0.25, 0.3) is 0 Å². The minimum atomic E-state index is -10.1. The zero-order valence-corrected chi connectivity index (χ0v) is 5.56. The summed E-state index contributed by atoms with van der Waals surface area (Å²) in [5, 5.41) is 0. The van der Waals surface area contributed by atoms with E-state index < -0.39 is 15.9 Å². The molecule has 0 fully saturated rings. The van der Waals surface area contributed by atoms with Gasteiger partial charge in [0.1, 0.15) is 0 Å². The van der Waals surface area contributed by atoms with E-state index in [9.17, 15) is 24.2 Å². The molecule has 0 amide bonds. The molecule has 0 aliphatic heterocycles. The van der Waals surface area contributed by atoms with Gasteiger partial charge in [-0.15, -0.1) is 0 Å². The van der Waals surface area contributed by atoms with Gasteiger partial charge in [0.15, 0.2) is 0 Å². The molecule has 0 aliphatic rings. The molecule has 0 saturated heterocycles. The molecular weight excluding hydrogens is 207 g/mol. The Labute approximate surface area is 56.8 Å². The van der Waals surface area contributed by atoms with Crippen LogP contribution in [0, 0.1) is 0 Å². The van der Waals surface area contributed by atoms with Gasteiger partial charge >= 0.3 is 15.9 Å². The first kappa shape index (κ1) is 9.76. The van der Waals surface area contributed by atoms with E-state index in [1.165, 1.54) is 0 Å². The van der Waals surface area contributed by atoms with Gasteiger partial charge in [-0.3, -0.25) is 0 Å². The second-order valence-electron chi connectivity index (χ2n) is 1.22. The number of rotatable bonds is 1. The predicted molar refractivity (Wildman–Crippen MR) is 25.5 cm³/mol. The van der Waals surface area contributed by atoms with Gasteiger partial charge in [-0.25, -0.2) is 4.79 Å². The fourth-order valence-corrected chi connectivity index (χ4v) is 0.729. The summed E-state index contributed by atoms with van der Waals surface area (Å²) in [5.41, 5.74) is -2.60. The molecular formula is CClF5O2S. The molecule has 10 heavy (non-hydrogen) atoms. The molecule has 0 saturated carbocycles. The van der Waals surface area contributed by atoms with E-state index in [0.29, 0.717) is 0 Å². The highest BCUT2D eigenvalue weighted by molar-refractivity contribution is 8.42. The van der Waals surface area contributed by atoms with Crippen molar-refractivity contribution in [2.24, 2.45) is 0 Å². The first-order valence-electron chi connectivity index (χ1n) is 1.54. The summed E-state index contributed by atoms with van der Waals surface area (Å²) < 4.78 is 56.4. The second-order valence-corrected chi connectivity index (χ2v) is 3.49. The average molecular weight is 207 g/mol. The zero-order valence-electron chi connectivity index (χ0n) is 3.99. The Hall–Kier alpha value is -0.240. The van der Waals surface area contributed by atoms with E-state index in [2.05, 4.69) is 11.6 Å². The SMILES string of the molecule is O=C(Cl)OS(F)(F)(F)(F)F. The van der Waals surface area contributed by atoms with Crippen molar-refractivity contribution in [2.45, 2.75) is 0 Å². The van der Waals surface area contributed by atoms with Crippen molar-refractivity contribution >= 4 is 27.5 Å². The summed E-state index contributed by atoms with van der Waals surface area (Å²) in [6, 6.07) is 0. The van der Waals surface area contributed by atoms with Crippen LogP contribution in [0.2, 0.25) is 0 Å². The third-order valence-corrected chi connectivity index (χ3v) is 0.858. The molecule has 0 heterocycles. The van der Waals surface area contributed by atoms with Crippen LogP contribution in [0.5, 0.6) is 0 Å². The van der Waals surface area contributed by atoms with Crippen LogP contribution >= 0.6 is 22.1 Å². The number of hydrogen-bond donors (Lipinski definition) is 0. The molecule has 0 spiro atoms. The maximum atomic E-state index is 10.9. The fourth-order valence-electron chi connectivity index (χ4n) is 0.124. The van der Waals surface area contributed by atoms with Crippen molar-refractivity contribution < 1.29 is 28.4 Å². The molecule has 0 rings (SSSR count). The number of hydrogen-bond acceptors (Lipinski definition) is 2. The van der Waals surface area contributed by atoms with Crippen molar-refractivity contribution in [1.82, 2.24) is 0 Å². The van der Waals surface area contributed by atoms with Crippen molar-refractivity contribution in [2.75, 3.05) is 0 Å². The molecule has 0 aromatic carbocycles. The van der Waals surface area contributed by atoms with Gasteiger partial charge in [-0.05, 0) is 0 Å². The number of carbonyl (C=O) groups excluding carboxylic acids is 1. The number of carbonyl (C=O) groups is 1. The molecule has 0 bridgehead atoms. The smallest absolute Gasteiger partial charge is 0.303 e. The van der Waals surface area contributed by atoms with Gasteiger partial charge in [-0.2, -0.15) is 0 Å². The fraction of sp³-hybridized carbons (Fsp3) is 0. The van der Waals surface area contributed by atoms with Gasteiger partial charge in [0, 0.05) is 11.6 Å². The van der Waals surface area contributed by atoms with Crippen LogP contribution in [0.3, 0.4) is 0 Å². The zero-order chi connectivity index (χ0) is 8.69. The highest BCUT2D eigenvalue weighted by atomic mass is 35.5. The molecule has 0 aliphatic carbocycles. The van der Waals surface area contributed by atoms with Crippen LogP contribution < -0.4 is 0 Å². The van der Waals surface area contributed by atoms with Crippen molar-refractivity contribution in [3.8, 4) is 0 Å². The van der Waals surface area contributed by atoms with Crippen LogP contribution in [-0.4, -0.2) is 5.43 Å². The van der Waals surface area contributed by atoms with Gasteiger partial charge in [0.2, 0.25) is 0 Å². The Balaban J connectivity index is 4.59. The lowest BCUT2D eigenvalue weighted by Crippen LogP contribution is -2.11. The van der Waals surface area contributed by atoms with Crippen LogP contribution in [0.15, 0.2) is 0 Å². The monoisotopic (exact) mass is 206 g/mol. The predicted octanol–water partition coefficient (Wildman–Crippen LogP) is 3.58. The third-order valence-electron chi connectivity index (χ3n) is 0.223. The maximum absolute atomic E-state index is 10.9. The normalized spacial score (nSPS) is 19.0. The first-order chi connectivity index (χ1) is 3.89. The van der Waals surface area contributed by atoms with Crippen LogP contribution in [-0.2, 0) is 4.18 Å². The molecule has 64 valence electrons. The summed E-state index contributed by atoms with van der Waals surface area (Å²) >= 11 is 3.91. The van der Waals surface area contributed by atoms with E-state index in [1.807, 2.05) is 0 Å². The lowest BCUT2D eigenvalue weighted by atomic mass is 11.6. The Morgan fingerprint density at radius 2 is 1.50 bits per heavy atom. The van der Waals surface area contributed by atoms with Gasteiger partial charge < -0.3 is 4.18 Å². The highest BCUT2D eigenvalue weighted by Crippen LogP contribution is 2.98. The van der Waals surface area contributed by atoms with E-state index in [4.69, 9.17) is 0 Å². The maximum Gasteiger partial charge on any atom is 0.439 e. The molecule has 2 nitrogen and oxygen atoms in total. The van der Waals surface area contributed by atoms with Crippen molar-refractivity contribution in [3.05, 3.63) is 0 Å². The molecule has 0 radical (unpaired) electrons. The molecule has 0 aromatic heterocycles. The standard InChI is InChI=1S/CClF5O2S/c2-1(8)9-10(3,4,5,6)7. The molecule has 0 atom stereocenters. The van der Waals surface area contributed by atoms with Gasteiger partial charge in [0.05, 0.1) is 0 Å². The average Bonchev–Trinajstić information content (AvgIpc) is 1.12. The van der Waals surface area contributed by atoms with Crippen molar-refractivity contribution in [3.63, 3.8) is 0 Å². The molecule has 9 heteroatoms. The Morgan fingerprint density at radius 1 is 1.20 bits per heavy atom. The highest BCUT2D eigenvalue weighted by Gasteiger charge is 2.68. The third kappa shape index (κ3) is 7.76. The lowest BCUT2D eigenvalue weighted by Gasteiger charge is -2.36. The Kier molecular flexibility index (Phi) is 1.46. The molecule has 0 N–H and O–H groups in total. The van der Waals surface area contributed by atoms with Crippen LogP contribution in [0.4, 0.5) is 24.2 Å². The van der Waals surface area contributed by atoms with E-state index in [-0.39, 0.29) is 0 Å². The van der Waals surface area contributed by atoms with Crippen LogP contribution in [0.1, 0.15) is 0 Å². The van der Waals surface area contributed by atoms with Crippen LogP contribution in [0.25, 0.3) is 0 Å². The van der Waals surface area contributed by atoms with E-state index in [0.717, 1.165) is 0 Å².